The van der Waals surface area contributed by atoms with Crippen molar-refractivity contribution in [1.29, 1.82) is 0 Å². The van der Waals surface area contributed by atoms with E-state index in [1.54, 1.807) is 18.2 Å². The molecule has 0 aliphatic rings. The highest BCUT2D eigenvalue weighted by atomic mass is 35.5. The molecular weight excluding hydrogens is 495 g/mol. The quantitative estimate of drug-likeness (QED) is 0.150. The lowest BCUT2D eigenvalue weighted by Crippen LogP contribution is -2.20. The highest BCUT2D eigenvalue weighted by molar-refractivity contribution is 7.49. The van der Waals surface area contributed by atoms with Crippen molar-refractivity contribution in [2.24, 2.45) is 0 Å². The molecule has 200 valence electrons. The molecule has 0 bridgehead atoms. The van der Waals surface area contributed by atoms with Gasteiger partial charge in [-0.2, -0.15) is 0 Å². The Hall–Kier alpha value is -1.94. The largest absolute Gasteiger partial charge is 0.823 e. The molecule has 36 heavy (non-hydrogen) atoms. The van der Waals surface area contributed by atoms with Gasteiger partial charge in [0.05, 0.1) is 37.3 Å². The van der Waals surface area contributed by atoms with Gasteiger partial charge in [-0.15, -0.1) is 0 Å². The Morgan fingerprint density at radius 2 is 1.31 bits per heavy atom. The lowest BCUT2D eigenvalue weighted by Gasteiger charge is -2.21. The monoisotopic (exact) mass is 535 g/mol. The standard InChI is InChI=1S/C29H42ClO5P/c1-5-8-11-17-33-22-20-25(34-18-12-9-6-2)28(26(21-22)35-19-13-10-7-3)36-29(31)27-23(30)15-14-16-24(27)32-4/h14-16,20-21,31H,5-13,17-19H2,1-4H3/p-1. The maximum atomic E-state index is 13.5. The molecule has 2 rings (SSSR count). The van der Waals surface area contributed by atoms with Crippen LogP contribution < -0.4 is 29.4 Å². The fraction of sp³-hybridized carbons (Fsp3) is 0.552. The molecule has 0 aliphatic heterocycles. The molecule has 2 aromatic carbocycles. The molecule has 0 aliphatic carbocycles. The van der Waals surface area contributed by atoms with E-state index < -0.39 is 0 Å². The van der Waals surface area contributed by atoms with E-state index in [4.69, 9.17) is 30.5 Å². The van der Waals surface area contributed by atoms with E-state index in [0.717, 1.165) is 57.8 Å². The molecule has 0 spiro atoms. The summed E-state index contributed by atoms with van der Waals surface area (Å²) in [6.45, 7) is 8.25. The summed E-state index contributed by atoms with van der Waals surface area (Å²) in [4.78, 5) is 0. The van der Waals surface area contributed by atoms with Crippen molar-refractivity contribution < 1.29 is 24.1 Å². The van der Waals surface area contributed by atoms with E-state index in [0.29, 0.717) is 66.9 Å². The molecular formula is C29H41ClO5P-. The van der Waals surface area contributed by atoms with E-state index in [1.807, 2.05) is 12.1 Å². The molecule has 2 aromatic rings. The van der Waals surface area contributed by atoms with Gasteiger partial charge in [0, 0.05) is 17.7 Å². The molecule has 0 saturated carbocycles. The van der Waals surface area contributed by atoms with Crippen LogP contribution in [0.4, 0.5) is 0 Å². The molecule has 0 amide bonds. The van der Waals surface area contributed by atoms with E-state index >= 15 is 0 Å². The zero-order chi connectivity index (χ0) is 26.2. The van der Waals surface area contributed by atoms with Crippen LogP contribution in [0, 0.1) is 0 Å². The first-order valence-electron chi connectivity index (χ1n) is 13.2. The van der Waals surface area contributed by atoms with Gasteiger partial charge >= 0.3 is 0 Å². The number of benzene rings is 2. The minimum absolute atomic E-state index is 0.175. The fourth-order valence-corrected chi connectivity index (χ4v) is 4.96. The van der Waals surface area contributed by atoms with Crippen molar-refractivity contribution in [3.63, 3.8) is 0 Å². The normalized spacial score (nSPS) is 11.4. The maximum Gasteiger partial charge on any atom is 0.138 e. The molecule has 0 unspecified atom stereocenters. The molecule has 0 atom stereocenters. The highest BCUT2D eigenvalue weighted by Crippen LogP contribution is 2.33. The summed E-state index contributed by atoms with van der Waals surface area (Å²) in [5, 5.41) is 14.5. The smallest absolute Gasteiger partial charge is 0.138 e. The Balaban J connectivity index is 2.50. The predicted molar refractivity (Wildman–Crippen MR) is 150 cm³/mol. The number of methoxy groups -OCH3 is 1. The van der Waals surface area contributed by atoms with Crippen molar-refractivity contribution in [3.8, 4) is 23.0 Å². The van der Waals surface area contributed by atoms with Crippen LogP contribution in [-0.2, 0) is 0 Å². The second-order valence-corrected chi connectivity index (χ2v) is 10.2. The molecule has 0 saturated heterocycles. The average molecular weight is 536 g/mol. The van der Waals surface area contributed by atoms with Gasteiger partial charge in [0.25, 0.3) is 0 Å². The number of unbranched alkanes of at least 4 members (excludes halogenated alkanes) is 6. The Labute approximate surface area is 223 Å². The van der Waals surface area contributed by atoms with Crippen LogP contribution in [0.3, 0.4) is 0 Å². The first-order valence-corrected chi connectivity index (χ1v) is 14.5. The van der Waals surface area contributed by atoms with Crippen molar-refractivity contribution in [2.45, 2.75) is 78.6 Å². The van der Waals surface area contributed by atoms with Crippen LogP contribution in [0.15, 0.2) is 30.3 Å². The maximum absolute atomic E-state index is 13.5. The number of rotatable bonds is 18. The van der Waals surface area contributed by atoms with Gasteiger partial charge in [-0.3, -0.25) is 0 Å². The van der Waals surface area contributed by atoms with Crippen LogP contribution >= 0.6 is 19.8 Å². The topological polar surface area (TPSA) is 60.0 Å². The fourth-order valence-electron chi connectivity index (χ4n) is 3.62. The van der Waals surface area contributed by atoms with Gasteiger partial charge in [0.15, 0.2) is 0 Å². The first-order chi connectivity index (χ1) is 17.5. The molecule has 0 aromatic heterocycles. The van der Waals surface area contributed by atoms with Gasteiger partial charge in [0.2, 0.25) is 0 Å². The van der Waals surface area contributed by atoms with Gasteiger partial charge in [-0.05, 0) is 31.4 Å². The Morgan fingerprint density at radius 3 is 1.81 bits per heavy atom. The van der Waals surface area contributed by atoms with Crippen LogP contribution in [-0.4, -0.2) is 32.4 Å². The van der Waals surface area contributed by atoms with Crippen molar-refractivity contribution in [2.75, 3.05) is 26.9 Å². The molecule has 7 heteroatoms. The van der Waals surface area contributed by atoms with Crippen molar-refractivity contribution >= 4 is 30.6 Å². The van der Waals surface area contributed by atoms with Crippen LogP contribution in [0.25, 0.3) is 0 Å². The van der Waals surface area contributed by atoms with Gasteiger partial charge < -0.3 is 24.1 Å². The molecule has 0 N–H and O–H groups in total. The van der Waals surface area contributed by atoms with Crippen LogP contribution in [0.1, 0.15) is 84.1 Å². The summed E-state index contributed by atoms with van der Waals surface area (Å²) < 4.78 is 23.9. The Bertz CT molecular complexity index is 914. The zero-order valence-electron chi connectivity index (χ0n) is 22.2. The van der Waals surface area contributed by atoms with Gasteiger partial charge in [-0.1, -0.05) is 90.6 Å². The summed E-state index contributed by atoms with van der Waals surface area (Å²) in [5.74, 6) is 2.38. The molecule has 0 radical (unpaired) electrons. The SMILES string of the molecule is CCCCCOc1cc(OCCCCC)c(P=C([O-])c2c(Cl)cccc2OC)c(OCCCCC)c1. The number of hydrogen-bond acceptors (Lipinski definition) is 5. The summed E-state index contributed by atoms with van der Waals surface area (Å²) in [5.41, 5.74) is 0.183. The average Bonchev–Trinajstić information content (AvgIpc) is 2.88. The first kappa shape index (κ1) is 30.3. The summed E-state index contributed by atoms with van der Waals surface area (Å²) in [6.07, 6.45) is 9.48. The van der Waals surface area contributed by atoms with Crippen LogP contribution in [0.5, 0.6) is 23.0 Å². The van der Waals surface area contributed by atoms with E-state index in [9.17, 15) is 5.11 Å². The summed E-state index contributed by atoms with van der Waals surface area (Å²) >= 11 is 6.41. The highest BCUT2D eigenvalue weighted by Gasteiger charge is 2.16. The van der Waals surface area contributed by atoms with Gasteiger partial charge in [-0.25, -0.2) is 0 Å². The number of ether oxygens (including phenoxy) is 4. The minimum atomic E-state index is -0.175. The third kappa shape index (κ3) is 9.84. The van der Waals surface area contributed by atoms with Crippen LogP contribution in [0.2, 0.25) is 5.02 Å². The van der Waals surface area contributed by atoms with Crippen molar-refractivity contribution in [1.82, 2.24) is 0 Å². The second kappa shape index (κ2) is 17.5. The van der Waals surface area contributed by atoms with E-state index in [1.165, 1.54) is 7.11 Å². The molecule has 0 fully saturated rings. The Morgan fingerprint density at radius 1 is 0.778 bits per heavy atom. The minimum Gasteiger partial charge on any atom is -0.823 e. The summed E-state index contributed by atoms with van der Waals surface area (Å²) in [6, 6.07) is 8.98. The molecule has 5 nitrogen and oxygen atoms in total. The lowest BCUT2D eigenvalue weighted by molar-refractivity contribution is -0.207. The van der Waals surface area contributed by atoms with Gasteiger partial charge in [0.1, 0.15) is 23.0 Å². The predicted octanol–water partition coefficient (Wildman–Crippen LogP) is 7.17. The molecule has 0 heterocycles. The second-order valence-electron chi connectivity index (χ2n) is 8.67. The third-order valence-electron chi connectivity index (χ3n) is 5.66. The number of halogens is 1. The summed E-state index contributed by atoms with van der Waals surface area (Å²) in [7, 11) is 1.94. The van der Waals surface area contributed by atoms with Crippen molar-refractivity contribution in [3.05, 3.63) is 40.9 Å². The third-order valence-corrected chi connectivity index (χ3v) is 7.07. The Kier molecular flexibility index (Phi) is 14.7. The number of hydrogen-bond donors (Lipinski definition) is 0. The van der Waals surface area contributed by atoms with E-state index in [2.05, 4.69) is 20.8 Å². The van der Waals surface area contributed by atoms with E-state index in [-0.39, 0.29) is 5.48 Å². The zero-order valence-corrected chi connectivity index (χ0v) is 23.9. The lowest BCUT2D eigenvalue weighted by atomic mass is 10.2.